The lowest BCUT2D eigenvalue weighted by atomic mass is 9.73. The number of alkyl halides is 12. The third kappa shape index (κ3) is 10.6. The van der Waals surface area contributed by atoms with Crippen molar-refractivity contribution in [1.82, 2.24) is 0 Å². The monoisotopic (exact) mass is 422 g/mol. The van der Waals surface area contributed by atoms with Gasteiger partial charge in [-0.25, -0.2) is 0 Å². The number of aliphatic hydroxyl groups is 1. The summed E-state index contributed by atoms with van der Waals surface area (Å²) in [6.45, 7) is 0. The minimum atomic E-state index is -5.34. The minimum Gasteiger partial charge on any atom is -0.361 e. The van der Waals surface area contributed by atoms with E-state index in [-0.39, 0.29) is 0 Å². The molecule has 1 nitrogen and oxygen atoms in total. The molecular formula is C10H10Cl3F9O. The first kappa shape index (κ1) is 23.2. The van der Waals surface area contributed by atoms with Crippen LogP contribution in [0.25, 0.3) is 0 Å². The summed E-state index contributed by atoms with van der Waals surface area (Å²) in [4.78, 5) is 0. The molecule has 1 N–H and O–H groups in total. The van der Waals surface area contributed by atoms with Crippen LogP contribution >= 0.6 is 34.8 Å². The van der Waals surface area contributed by atoms with Gasteiger partial charge in [0, 0.05) is 19.3 Å². The number of halogens is 12. The first-order valence-corrected chi connectivity index (χ1v) is 6.88. The van der Waals surface area contributed by atoms with Crippen molar-refractivity contribution in [1.29, 1.82) is 0 Å². The zero-order chi connectivity index (χ0) is 18.9. The van der Waals surface area contributed by atoms with Crippen LogP contribution < -0.4 is 0 Å². The molecule has 0 amide bonds. The van der Waals surface area contributed by atoms with Crippen molar-refractivity contribution in [3.63, 3.8) is 0 Å². The topological polar surface area (TPSA) is 20.2 Å². The van der Waals surface area contributed by atoms with E-state index in [0.717, 1.165) is 0 Å². The van der Waals surface area contributed by atoms with Crippen molar-refractivity contribution < 1.29 is 44.6 Å². The highest BCUT2D eigenvalue weighted by atomic mass is 35.5. The molecule has 0 rings (SSSR count). The second-order valence-electron chi connectivity index (χ2n) is 5.14. The Morgan fingerprint density at radius 3 is 1.13 bits per heavy atom. The van der Waals surface area contributed by atoms with Gasteiger partial charge in [-0.3, -0.25) is 0 Å². The third-order valence-corrected chi connectivity index (χ3v) is 3.94. The van der Waals surface area contributed by atoms with Crippen LogP contribution in [-0.2, 0) is 0 Å². The largest absolute Gasteiger partial charge is 0.389 e. The van der Waals surface area contributed by atoms with E-state index in [0.29, 0.717) is 0 Å². The van der Waals surface area contributed by atoms with Crippen LogP contribution in [-0.4, -0.2) is 33.5 Å². The highest BCUT2D eigenvalue weighted by Gasteiger charge is 2.55. The van der Waals surface area contributed by atoms with E-state index < -0.39 is 59.5 Å². The number of rotatable bonds is 6. The van der Waals surface area contributed by atoms with Gasteiger partial charge in [-0.1, -0.05) is 23.2 Å². The lowest BCUT2D eigenvalue weighted by Crippen LogP contribution is -2.42. The first-order valence-electron chi connectivity index (χ1n) is 5.69. The Labute approximate surface area is 139 Å². The summed E-state index contributed by atoms with van der Waals surface area (Å²) in [6, 6.07) is 0. The molecule has 23 heavy (non-hydrogen) atoms. The van der Waals surface area contributed by atoms with E-state index in [1.165, 1.54) is 0 Å². The van der Waals surface area contributed by atoms with E-state index in [9.17, 15) is 39.5 Å². The average Bonchev–Trinajstić information content (AvgIpc) is 2.04. The second kappa shape index (κ2) is 7.21. The van der Waals surface area contributed by atoms with Gasteiger partial charge in [-0.15, -0.1) is 11.6 Å². The Balaban J connectivity index is 5.82. The summed E-state index contributed by atoms with van der Waals surface area (Å²) in [6.07, 6.45) is -24.9. The van der Waals surface area contributed by atoms with Gasteiger partial charge in [0.15, 0.2) is 0 Å². The number of hydrogen-bond donors (Lipinski definition) is 1. The van der Waals surface area contributed by atoms with E-state index in [1.807, 2.05) is 0 Å². The molecule has 0 saturated carbocycles. The fourth-order valence-electron chi connectivity index (χ4n) is 2.18. The molecule has 0 heterocycles. The summed E-state index contributed by atoms with van der Waals surface area (Å²) >= 11 is 15.4. The van der Waals surface area contributed by atoms with Crippen LogP contribution in [0.1, 0.15) is 25.7 Å². The maximum absolute atomic E-state index is 12.5. The Bertz CT molecular complexity index is 342. The van der Waals surface area contributed by atoms with Gasteiger partial charge in [0.05, 0.1) is 5.38 Å². The lowest BCUT2D eigenvalue weighted by Gasteiger charge is -2.38. The Kier molecular flexibility index (Phi) is 7.27. The van der Waals surface area contributed by atoms with Crippen LogP contribution in [0.15, 0.2) is 0 Å². The van der Waals surface area contributed by atoms with E-state index in [4.69, 9.17) is 39.9 Å². The van der Waals surface area contributed by atoms with E-state index in [2.05, 4.69) is 0 Å². The molecule has 0 aromatic rings. The molecule has 0 saturated heterocycles. The first-order chi connectivity index (χ1) is 9.75. The Morgan fingerprint density at radius 1 is 0.696 bits per heavy atom. The fraction of sp³-hybridized carbons (Fsp3) is 1.00. The van der Waals surface area contributed by atoms with Crippen molar-refractivity contribution in [2.24, 2.45) is 5.41 Å². The summed E-state index contributed by atoms with van der Waals surface area (Å²) < 4.78 is 110. The molecule has 0 bridgehead atoms. The minimum absolute atomic E-state index is 1.56. The number of hydrogen-bond acceptors (Lipinski definition) is 1. The molecule has 0 aliphatic rings. The maximum Gasteiger partial charge on any atom is 0.389 e. The zero-order valence-electron chi connectivity index (χ0n) is 10.9. The molecule has 0 aliphatic heterocycles. The molecule has 0 aliphatic carbocycles. The van der Waals surface area contributed by atoms with Crippen LogP contribution in [0, 0.1) is 5.41 Å². The Morgan fingerprint density at radius 2 is 0.957 bits per heavy atom. The quantitative estimate of drug-likeness (QED) is 0.413. The van der Waals surface area contributed by atoms with Crippen molar-refractivity contribution >= 4 is 34.8 Å². The summed E-state index contributed by atoms with van der Waals surface area (Å²) in [5.41, 5.74) is -3.40. The zero-order valence-corrected chi connectivity index (χ0v) is 13.2. The van der Waals surface area contributed by atoms with Gasteiger partial charge in [0.2, 0.25) is 4.52 Å². The Hall–Kier alpha value is 0.200. The predicted octanol–water partition coefficient (Wildman–Crippen LogP) is 5.95. The molecule has 13 heteroatoms. The molecule has 0 fully saturated rings. The van der Waals surface area contributed by atoms with Crippen LogP contribution in [0.3, 0.4) is 0 Å². The molecular weight excluding hydrogens is 413 g/mol. The molecule has 0 radical (unpaired) electrons. The van der Waals surface area contributed by atoms with Crippen molar-refractivity contribution in [3.8, 4) is 0 Å². The fourth-order valence-corrected chi connectivity index (χ4v) is 2.66. The van der Waals surface area contributed by atoms with Gasteiger partial charge in [-0.05, 0) is 11.8 Å². The van der Waals surface area contributed by atoms with Gasteiger partial charge < -0.3 is 5.11 Å². The normalized spacial score (nSPS) is 16.6. The summed E-state index contributed by atoms with van der Waals surface area (Å²) in [5.74, 6) is 0. The summed E-state index contributed by atoms with van der Waals surface area (Å²) in [5, 5.41) is 6.90. The molecule has 0 aromatic carbocycles. The third-order valence-electron chi connectivity index (χ3n) is 2.72. The van der Waals surface area contributed by atoms with Gasteiger partial charge in [0.25, 0.3) is 0 Å². The predicted molar refractivity (Wildman–Crippen MR) is 65.4 cm³/mol. The maximum atomic E-state index is 12.5. The molecule has 0 aromatic heterocycles. The molecule has 0 spiro atoms. The van der Waals surface area contributed by atoms with Gasteiger partial charge in [0.1, 0.15) is 0 Å². The van der Waals surface area contributed by atoms with E-state index in [1.54, 1.807) is 0 Å². The van der Waals surface area contributed by atoms with Crippen LogP contribution in [0.2, 0.25) is 0 Å². The average molecular weight is 424 g/mol. The smallest absolute Gasteiger partial charge is 0.361 e. The highest BCUT2D eigenvalue weighted by Crippen LogP contribution is 2.52. The van der Waals surface area contributed by atoms with Gasteiger partial charge in [-0.2, -0.15) is 39.5 Å². The van der Waals surface area contributed by atoms with E-state index >= 15 is 0 Å². The van der Waals surface area contributed by atoms with Crippen molar-refractivity contribution in [2.75, 3.05) is 0 Å². The summed E-state index contributed by atoms with van der Waals surface area (Å²) in [7, 11) is 0. The molecule has 1 atom stereocenters. The van der Waals surface area contributed by atoms with Crippen LogP contribution in [0.4, 0.5) is 39.5 Å². The van der Waals surface area contributed by atoms with Crippen molar-refractivity contribution in [2.45, 2.75) is 54.1 Å². The van der Waals surface area contributed by atoms with Crippen LogP contribution in [0.5, 0.6) is 0 Å². The highest BCUT2D eigenvalue weighted by molar-refractivity contribution is 6.50. The van der Waals surface area contributed by atoms with Gasteiger partial charge >= 0.3 is 18.5 Å². The SMILES string of the molecule is OC(Cl)(Cl)C(Cl)CC(CC(F)(F)F)(CC(F)(F)F)CC(F)(F)F. The molecule has 140 valence electrons. The molecule has 1 unspecified atom stereocenters. The standard InChI is InChI=1S/C10H10Cl3F9O/c11-5(10(12,13)23)1-6(2-7(14,15)16,3-8(17,18)19)4-9(20,21)22/h5,23H,1-4H2. The van der Waals surface area contributed by atoms with Crippen molar-refractivity contribution in [3.05, 3.63) is 0 Å². The second-order valence-corrected chi connectivity index (χ2v) is 7.01. The lowest BCUT2D eigenvalue weighted by molar-refractivity contribution is -0.227.